The Morgan fingerprint density at radius 2 is 2.05 bits per heavy atom. The van der Waals surface area contributed by atoms with Gasteiger partial charge in [-0.1, -0.05) is 41.9 Å². The Balaban J connectivity index is 2.76. The van der Waals surface area contributed by atoms with E-state index in [1.54, 1.807) is 0 Å². The Kier molecular flexibility index (Phi) is 4.89. The number of thioether (sulfide) groups is 1. The van der Waals surface area contributed by atoms with Gasteiger partial charge in [-0.2, -0.15) is 5.26 Å². The summed E-state index contributed by atoms with van der Waals surface area (Å²) in [4.78, 5) is 4.32. The van der Waals surface area contributed by atoms with E-state index in [2.05, 4.69) is 11.1 Å². The largest absolute Gasteiger partial charge is 0.477 e. The Morgan fingerprint density at radius 3 is 2.60 bits per heavy atom. The van der Waals surface area contributed by atoms with E-state index in [9.17, 15) is 5.26 Å². The number of halogens is 1. The maximum Gasteiger partial charge on any atom is 0.233 e. The lowest BCUT2D eigenvalue weighted by Crippen LogP contribution is -2.01. The quantitative estimate of drug-likeness (QED) is 0.786. The second-order valence-electron chi connectivity index (χ2n) is 3.90. The minimum absolute atomic E-state index is 0.336. The third kappa shape index (κ3) is 2.74. The zero-order valence-electron chi connectivity index (χ0n) is 11.2. The van der Waals surface area contributed by atoms with E-state index in [-0.39, 0.29) is 0 Å². The monoisotopic (exact) mass is 304 g/mol. The predicted molar refractivity (Wildman–Crippen MR) is 82.3 cm³/mol. The van der Waals surface area contributed by atoms with Gasteiger partial charge in [-0.3, -0.25) is 0 Å². The van der Waals surface area contributed by atoms with Gasteiger partial charge in [0, 0.05) is 5.56 Å². The standard InChI is InChI=1S/C15H13ClN2OS/c1-3-19-14-11(9-17)12(10-7-5-4-6-8-10)13(16)15(18-14)20-2/h4-8H,3H2,1-2H3. The molecule has 0 saturated carbocycles. The fourth-order valence-corrected chi connectivity index (χ4v) is 2.81. The molecule has 0 saturated heterocycles. The number of hydrogen-bond donors (Lipinski definition) is 0. The van der Waals surface area contributed by atoms with Gasteiger partial charge in [-0.25, -0.2) is 4.98 Å². The molecule has 0 fully saturated rings. The molecule has 0 spiro atoms. The van der Waals surface area contributed by atoms with Crippen molar-refractivity contribution < 1.29 is 4.74 Å². The molecular weight excluding hydrogens is 292 g/mol. The van der Waals surface area contributed by atoms with Crippen LogP contribution in [-0.4, -0.2) is 17.8 Å². The molecule has 5 heteroatoms. The van der Waals surface area contributed by atoms with Crippen LogP contribution in [-0.2, 0) is 0 Å². The van der Waals surface area contributed by atoms with Crippen molar-refractivity contribution in [2.24, 2.45) is 0 Å². The number of pyridine rings is 1. The van der Waals surface area contributed by atoms with Crippen LogP contribution in [0.2, 0.25) is 5.02 Å². The summed E-state index contributed by atoms with van der Waals surface area (Å²) in [5.41, 5.74) is 1.94. The van der Waals surface area contributed by atoms with Crippen molar-refractivity contribution in [3.05, 3.63) is 40.9 Å². The zero-order valence-corrected chi connectivity index (χ0v) is 12.8. The van der Waals surface area contributed by atoms with Gasteiger partial charge in [0.1, 0.15) is 16.7 Å². The molecule has 0 aliphatic rings. The third-order valence-electron chi connectivity index (χ3n) is 2.72. The first kappa shape index (κ1) is 14.7. The maximum atomic E-state index is 9.44. The summed E-state index contributed by atoms with van der Waals surface area (Å²) in [5.74, 6) is 0.336. The van der Waals surface area contributed by atoms with Crippen molar-refractivity contribution in [1.29, 1.82) is 5.26 Å². The summed E-state index contributed by atoms with van der Waals surface area (Å²) >= 11 is 7.84. The van der Waals surface area contributed by atoms with Crippen LogP contribution in [0.4, 0.5) is 0 Å². The summed E-state index contributed by atoms with van der Waals surface area (Å²) in [5, 5.41) is 10.6. The first-order valence-corrected chi connectivity index (χ1v) is 7.69. The highest BCUT2D eigenvalue weighted by molar-refractivity contribution is 7.98. The number of rotatable bonds is 4. The number of aromatic nitrogens is 1. The van der Waals surface area contributed by atoms with E-state index in [4.69, 9.17) is 16.3 Å². The van der Waals surface area contributed by atoms with E-state index in [0.29, 0.717) is 33.7 Å². The highest BCUT2D eigenvalue weighted by Crippen LogP contribution is 2.40. The van der Waals surface area contributed by atoms with Crippen LogP contribution < -0.4 is 4.74 Å². The molecule has 1 aromatic carbocycles. The van der Waals surface area contributed by atoms with Gasteiger partial charge in [0.05, 0.1) is 11.6 Å². The van der Waals surface area contributed by atoms with Crippen molar-refractivity contribution in [2.75, 3.05) is 12.9 Å². The number of nitrogens with zero attached hydrogens (tertiary/aromatic N) is 2. The summed E-state index contributed by atoms with van der Waals surface area (Å²) < 4.78 is 5.48. The minimum Gasteiger partial charge on any atom is -0.477 e. The molecule has 1 aromatic heterocycles. The molecule has 20 heavy (non-hydrogen) atoms. The highest BCUT2D eigenvalue weighted by atomic mass is 35.5. The van der Waals surface area contributed by atoms with Gasteiger partial charge >= 0.3 is 0 Å². The summed E-state index contributed by atoms with van der Waals surface area (Å²) in [6.07, 6.45) is 1.89. The van der Waals surface area contributed by atoms with E-state index in [1.807, 2.05) is 43.5 Å². The second kappa shape index (κ2) is 6.65. The smallest absolute Gasteiger partial charge is 0.233 e. The Labute approximate surface area is 127 Å². The molecule has 3 nitrogen and oxygen atoms in total. The molecule has 0 aliphatic carbocycles. The molecule has 2 aromatic rings. The third-order valence-corrected chi connectivity index (χ3v) is 3.89. The Hall–Kier alpha value is -1.70. The van der Waals surface area contributed by atoms with Crippen LogP contribution in [0, 0.1) is 11.3 Å². The predicted octanol–water partition coefficient (Wildman–Crippen LogP) is 4.39. The summed E-state index contributed by atoms with van der Waals surface area (Å²) in [6, 6.07) is 11.7. The first-order chi connectivity index (χ1) is 9.72. The molecule has 0 radical (unpaired) electrons. The van der Waals surface area contributed by atoms with E-state index in [1.165, 1.54) is 11.8 Å². The van der Waals surface area contributed by atoms with Crippen molar-refractivity contribution in [1.82, 2.24) is 4.98 Å². The van der Waals surface area contributed by atoms with Crippen LogP contribution in [0.1, 0.15) is 12.5 Å². The maximum absolute atomic E-state index is 9.44. The molecule has 0 N–H and O–H groups in total. The molecule has 0 bridgehead atoms. The van der Waals surface area contributed by atoms with Crippen molar-refractivity contribution in [2.45, 2.75) is 11.9 Å². The van der Waals surface area contributed by atoms with Crippen LogP contribution in [0.3, 0.4) is 0 Å². The van der Waals surface area contributed by atoms with Crippen molar-refractivity contribution >= 4 is 23.4 Å². The van der Waals surface area contributed by atoms with E-state index >= 15 is 0 Å². The van der Waals surface area contributed by atoms with E-state index in [0.717, 1.165) is 5.56 Å². The Morgan fingerprint density at radius 1 is 1.35 bits per heavy atom. The van der Waals surface area contributed by atoms with Crippen LogP contribution in [0.5, 0.6) is 5.88 Å². The van der Waals surface area contributed by atoms with Gasteiger partial charge < -0.3 is 4.74 Å². The average molecular weight is 305 g/mol. The summed E-state index contributed by atoms with van der Waals surface area (Å²) in [6.45, 7) is 2.31. The Bertz CT molecular complexity index is 653. The first-order valence-electron chi connectivity index (χ1n) is 6.08. The van der Waals surface area contributed by atoms with Crippen LogP contribution in [0.15, 0.2) is 35.4 Å². The lowest BCUT2D eigenvalue weighted by atomic mass is 10.0. The molecule has 0 amide bonds. The van der Waals surface area contributed by atoms with Gasteiger partial charge in [0.25, 0.3) is 0 Å². The minimum atomic E-state index is 0.336. The number of nitriles is 1. The fraction of sp³-hybridized carbons (Fsp3) is 0.200. The normalized spacial score (nSPS) is 10.1. The molecule has 0 aliphatic heterocycles. The zero-order chi connectivity index (χ0) is 14.5. The molecular formula is C15H13ClN2OS. The second-order valence-corrected chi connectivity index (χ2v) is 5.07. The van der Waals surface area contributed by atoms with E-state index < -0.39 is 0 Å². The van der Waals surface area contributed by atoms with Crippen LogP contribution >= 0.6 is 23.4 Å². The lowest BCUT2D eigenvalue weighted by molar-refractivity contribution is 0.323. The average Bonchev–Trinajstić information content (AvgIpc) is 2.49. The van der Waals surface area contributed by atoms with Crippen molar-refractivity contribution in [3.63, 3.8) is 0 Å². The SMILES string of the molecule is CCOc1nc(SC)c(Cl)c(-c2ccccc2)c1C#N. The number of hydrogen-bond acceptors (Lipinski definition) is 4. The van der Waals surface area contributed by atoms with Gasteiger partial charge in [-0.15, -0.1) is 11.8 Å². The van der Waals surface area contributed by atoms with Crippen molar-refractivity contribution in [3.8, 4) is 23.1 Å². The molecule has 1 heterocycles. The van der Waals surface area contributed by atoms with Gasteiger partial charge in [0.15, 0.2) is 0 Å². The number of ether oxygens (including phenoxy) is 1. The topological polar surface area (TPSA) is 45.9 Å². The fourth-order valence-electron chi connectivity index (χ4n) is 1.88. The number of benzene rings is 1. The molecule has 2 rings (SSSR count). The molecule has 0 atom stereocenters. The molecule has 0 unspecified atom stereocenters. The van der Waals surface area contributed by atoms with Crippen LogP contribution in [0.25, 0.3) is 11.1 Å². The highest BCUT2D eigenvalue weighted by Gasteiger charge is 2.20. The molecule has 102 valence electrons. The lowest BCUT2D eigenvalue weighted by Gasteiger charge is -2.14. The summed E-state index contributed by atoms with van der Waals surface area (Å²) in [7, 11) is 0. The van der Waals surface area contributed by atoms with Gasteiger partial charge in [-0.05, 0) is 18.7 Å². The van der Waals surface area contributed by atoms with Gasteiger partial charge in [0.2, 0.25) is 5.88 Å².